The van der Waals surface area contributed by atoms with Gasteiger partial charge in [-0.3, -0.25) is 4.79 Å². The van der Waals surface area contributed by atoms with Gasteiger partial charge in [-0.1, -0.05) is 28.9 Å². The van der Waals surface area contributed by atoms with Gasteiger partial charge in [0.1, 0.15) is 0 Å². The van der Waals surface area contributed by atoms with Crippen molar-refractivity contribution in [2.24, 2.45) is 5.92 Å². The largest absolute Gasteiger partial charge is 0.481 e. The molecule has 0 aromatic heterocycles. The van der Waals surface area contributed by atoms with Gasteiger partial charge in [-0.15, -0.1) is 0 Å². The van der Waals surface area contributed by atoms with Crippen molar-refractivity contribution in [1.82, 2.24) is 5.32 Å². The van der Waals surface area contributed by atoms with E-state index in [1.165, 1.54) is 0 Å². The third-order valence-electron chi connectivity index (χ3n) is 2.37. The number of rotatable bonds is 5. The van der Waals surface area contributed by atoms with E-state index in [2.05, 4.69) is 26.6 Å². The lowest BCUT2D eigenvalue weighted by molar-refractivity contribution is -0.141. The van der Waals surface area contributed by atoms with Crippen molar-refractivity contribution in [2.45, 2.75) is 13.3 Å². The molecule has 1 aromatic rings. The zero-order valence-electron chi connectivity index (χ0n) is 9.94. The monoisotopic (exact) mass is 314 g/mol. The Bertz CT molecular complexity index is 437. The van der Waals surface area contributed by atoms with Gasteiger partial charge in [0.2, 0.25) is 0 Å². The lowest BCUT2D eigenvalue weighted by Crippen LogP contribution is -2.31. The summed E-state index contributed by atoms with van der Waals surface area (Å²) < 4.78 is 0.875. The number of carboxylic acid groups (broad SMARTS) is 1. The molecule has 1 atom stereocenters. The van der Waals surface area contributed by atoms with Crippen molar-refractivity contribution in [2.75, 3.05) is 11.9 Å². The molecule has 0 saturated heterocycles. The molecule has 0 radical (unpaired) electrons. The number of carbonyl (C=O) groups is 2. The fourth-order valence-electron chi connectivity index (χ4n) is 1.27. The van der Waals surface area contributed by atoms with E-state index >= 15 is 0 Å². The number of halogens is 1. The van der Waals surface area contributed by atoms with Crippen LogP contribution < -0.4 is 10.6 Å². The van der Waals surface area contributed by atoms with Crippen LogP contribution in [-0.2, 0) is 4.79 Å². The molecule has 18 heavy (non-hydrogen) atoms. The van der Waals surface area contributed by atoms with Crippen molar-refractivity contribution in [1.29, 1.82) is 0 Å². The number of hydrogen-bond acceptors (Lipinski definition) is 2. The molecule has 98 valence electrons. The van der Waals surface area contributed by atoms with Crippen LogP contribution in [0.1, 0.15) is 13.3 Å². The first kappa shape index (κ1) is 14.5. The van der Waals surface area contributed by atoms with Crippen molar-refractivity contribution >= 4 is 33.6 Å². The summed E-state index contributed by atoms with van der Waals surface area (Å²) in [5.41, 5.74) is 0.674. The minimum absolute atomic E-state index is 0.327. The van der Waals surface area contributed by atoms with Crippen LogP contribution in [0.15, 0.2) is 28.7 Å². The molecule has 0 aliphatic carbocycles. The summed E-state index contributed by atoms with van der Waals surface area (Å²) in [7, 11) is 0. The van der Waals surface area contributed by atoms with E-state index in [1.54, 1.807) is 19.1 Å². The Hall–Kier alpha value is -1.56. The molecule has 0 aliphatic rings. The minimum Gasteiger partial charge on any atom is -0.481 e. The maximum atomic E-state index is 11.5. The van der Waals surface area contributed by atoms with E-state index in [-0.39, 0.29) is 6.03 Å². The Morgan fingerprint density at radius 3 is 2.78 bits per heavy atom. The van der Waals surface area contributed by atoms with Crippen LogP contribution in [-0.4, -0.2) is 23.7 Å². The van der Waals surface area contributed by atoms with Gasteiger partial charge in [-0.2, -0.15) is 0 Å². The Balaban J connectivity index is 2.32. The first-order valence-corrected chi connectivity index (χ1v) is 6.31. The van der Waals surface area contributed by atoms with E-state index < -0.39 is 11.9 Å². The molecule has 5 nitrogen and oxygen atoms in total. The molecule has 3 N–H and O–H groups in total. The number of aliphatic carboxylic acids is 1. The van der Waals surface area contributed by atoms with Crippen molar-refractivity contribution < 1.29 is 14.7 Å². The van der Waals surface area contributed by atoms with Gasteiger partial charge in [0.15, 0.2) is 0 Å². The lowest BCUT2D eigenvalue weighted by atomic mass is 10.1. The summed E-state index contributed by atoms with van der Waals surface area (Å²) in [6.07, 6.45) is 0.404. The summed E-state index contributed by atoms with van der Waals surface area (Å²) in [6.45, 7) is 1.93. The van der Waals surface area contributed by atoms with Gasteiger partial charge in [-0.25, -0.2) is 4.79 Å². The highest BCUT2D eigenvalue weighted by Gasteiger charge is 2.10. The van der Waals surface area contributed by atoms with E-state index in [9.17, 15) is 9.59 Å². The maximum Gasteiger partial charge on any atom is 0.319 e. The molecular formula is C12H15BrN2O3. The van der Waals surface area contributed by atoms with Gasteiger partial charge >= 0.3 is 12.0 Å². The van der Waals surface area contributed by atoms with Gasteiger partial charge in [0.05, 0.1) is 5.92 Å². The molecule has 0 saturated carbocycles. The molecule has 0 aliphatic heterocycles. The number of benzene rings is 1. The zero-order valence-corrected chi connectivity index (χ0v) is 11.5. The maximum absolute atomic E-state index is 11.5. The number of amides is 2. The fourth-order valence-corrected chi connectivity index (χ4v) is 1.67. The van der Waals surface area contributed by atoms with Crippen LogP contribution in [0.25, 0.3) is 0 Å². The average Bonchev–Trinajstić information content (AvgIpc) is 2.28. The number of nitrogens with one attached hydrogen (secondary N) is 2. The van der Waals surface area contributed by atoms with Crippen LogP contribution >= 0.6 is 15.9 Å². The van der Waals surface area contributed by atoms with Gasteiger partial charge in [-0.05, 0) is 24.6 Å². The zero-order chi connectivity index (χ0) is 13.5. The van der Waals surface area contributed by atoms with Gasteiger partial charge in [0, 0.05) is 16.7 Å². The topological polar surface area (TPSA) is 78.4 Å². The van der Waals surface area contributed by atoms with Crippen molar-refractivity contribution in [3.05, 3.63) is 28.7 Å². The molecule has 1 aromatic carbocycles. The van der Waals surface area contributed by atoms with Crippen molar-refractivity contribution in [3.8, 4) is 0 Å². The second-order valence-electron chi connectivity index (χ2n) is 3.92. The number of carboxylic acids is 1. The smallest absolute Gasteiger partial charge is 0.319 e. The second kappa shape index (κ2) is 7.00. The third-order valence-corrected chi connectivity index (χ3v) is 2.86. The van der Waals surface area contributed by atoms with Crippen LogP contribution in [0.4, 0.5) is 10.5 Å². The molecule has 0 fully saturated rings. The predicted octanol–water partition coefficient (Wildman–Crippen LogP) is 2.68. The SMILES string of the molecule is CC(CCNC(=O)Nc1cccc(Br)c1)C(=O)O. The summed E-state index contributed by atoms with van der Waals surface area (Å²) in [5.74, 6) is -1.32. The second-order valence-corrected chi connectivity index (χ2v) is 4.83. The highest BCUT2D eigenvalue weighted by Crippen LogP contribution is 2.15. The Morgan fingerprint density at radius 1 is 1.44 bits per heavy atom. The summed E-state index contributed by atoms with van der Waals surface area (Å²) in [6, 6.07) is 6.87. The number of hydrogen-bond donors (Lipinski definition) is 3. The minimum atomic E-state index is -0.857. The molecule has 0 bridgehead atoms. The summed E-state index contributed by atoms with van der Waals surface area (Å²) in [5, 5.41) is 13.9. The predicted molar refractivity (Wildman–Crippen MR) is 72.6 cm³/mol. The Labute approximate surface area is 114 Å². The third kappa shape index (κ3) is 5.18. The first-order chi connectivity index (χ1) is 8.49. The molecule has 2 amide bonds. The highest BCUT2D eigenvalue weighted by molar-refractivity contribution is 9.10. The molecule has 6 heteroatoms. The van der Waals surface area contributed by atoms with Gasteiger partial charge < -0.3 is 15.7 Å². The standard InChI is InChI=1S/C12H15BrN2O3/c1-8(11(16)17)5-6-14-12(18)15-10-4-2-3-9(13)7-10/h2-4,7-8H,5-6H2,1H3,(H,16,17)(H2,14,15,18). The van der Waals surface area contributed by atoms with Crippen LogP contribution in [0.2, 0.25) is 0 Å². The quantitative estimate of drug-likeness (QED) is 0.781. The molecule has 1 unspecified atom stereocenters. The van der Waals surface area contributed by atoms with Crippen LogP contribution in [0, 0.1) is 5.92 Å². The summed E-state index contributed by atoms with van der Waals surface area (Å²) >= 11 is 3.30. The Kier molecular flexibility index (Phi) is 5.64. The highest BCUT2D eigenvalue weighted by atomic mass is 79.9. The summed E-state index contributed by atoms with van der Waals surface area (Å²) in [4.78, 5) is 22.1. The van der Waals surface area contributed by atoms with Crippen LogP contribution in [0.5, 0.6) is 0 Å². The molecular weight excluding hydrogens is 300 g/mol. The number of anilines is 1. The first-order valence-electron chi connectivity index (χ1n) is 5.52. The van der Waals surface area contributed by atoms with E-state index in [0.717, 1.165) is 4.47 Å². The Morgan fingerprint density at radius 2 is 2.17 bits per heavy atom. The fraction of sp³-hybridized carbons (Fsp3) is 0.333. The van der Waals surface area contributed by atoms with E-state index in [1.807, 2.05) is 12.1 Å². The molecule has 1 rings (SSSR count). The van der Waals surface area contributed by atoms with Gasteiger partial charge in [0.25, 0.3) is 0 Å². The van der Waals surface area contributed by atoms with Crippen LogP contribution in [0.3, 0.4) is 0 Å². The lowest BCUT2D eigenvalue weighted by Gasteiger charge is -2.09. The molecule has 0 spiro atoms. The number of urea groups is 1. The van der Waals surface area contributed by atoms with E-state index in [4.69, 9.17) is 5.11 Å². The van der Waals surface area contributed by atoms with Crippen molar-refractivity contribution in [3.63, 3.8) is 0 Å². The normalized spacial score (nSPS) is 11.7. The molecule has 0 heterocycles. The average molecular weight is 315 g/mol. The number of carbonyl (C=O) groups excluding carboxylic acids is 1. The van der Waals surface area contributed by atoms with E-state index in [0.29, 0.717) is 18.7 Å².